The number of ether oxygens (including phenoxy) is 6. The number of methoxy groups -OCH3 is 6. The van der Waals surface area contributed by atoms with Crippen molar-refractivity contribution in [2.24, 2.45) is 0 Å². The van der Waals surface area contributed by atoms with Crippen LogP contribution >= 0.6 is 0 Å². The van der Waals surface area contributed by atoms with E-state index in [4.69, 9.17) is 53.1 Å². The second-order valence-corrected chi connectivity index (χ2v) is 6.23. The highest BCUT2D eigenvalue weighted by atomic mass is 19.2. The first kappa shape index (κ1) is 11.7. The van der Waals surface area contributed by atoms with E-state index >= 15 is 0 Å². The minimum Gasteiger partial charge on any atom is -0.505 e. The van der Waals surface area contributed by atoms with Gasteiger partial charge in [0.2, 0.25) is 11.5 Å². The van der Waals surface area contributed by atoms with Crippen molar-refractivity contribution in [3.63, 3.8) is 0 Å². The minimum atomic E-state index is -3.58. The van der Waals surface area contributed by atoms with Crippen molar-refractivity contribution in [3.05, 3.63) is 59.4 Å². The van der Waals surface area contributed by atoms with Gasteiger partial charge in [-0.05, 0) is 48.6 Å². The number of hydrogen-bond acceptors (Lipinski definition) is 8. The Hall–Kier alpha value is -4.15. The highest BCUT2D eigenvalue weighted by molar-refractivity contribution is 6.35. The lowest BCUT2D eigenvalue weighted by molar-refractivity contribution is -0.110. The van der Waals surface area contributed by atoms with Gasteiger partial charge < -0.3 is 33.1 Å². The Kier molecular flexibility index (Phi) is 4.45. The molecule has 0 radical (unpaired) electrons. The predicted molar refractivity (Wildman–Crippen MR) is 132 cm³/mol. The fraction of sp³-hybridized carbons (Fsp3) is 0.240. The fourth-order valence-electron chi connectivity index (χ4n) is 2.70. The molecule has 2 aromatic carbocycles. The molecule has 0 amide bonds. The molecule has 8 nitrogen and oxygen atoms in total. The summed E-state index contributed by atoms with van der Waals surface area (Å²) in [4.78, 5) is 12.9. The van der Waals surface area contributed by atoms with Crippen LogP contribution in [0.1, 0.15) is 35.8 Å². The first-order valence-electron chi connectivity index (χ1n) is 18.2. The van der Waals surface area contributed by atoms with Crippen molar-refractivity contribution in [3.8, 4) is 34.5 Å². The van der Waals surface area contributed by atoms with E-state index in [1.807, 2.05) is 0 Å². The molecule has 2 aromatic rings. The summed E-state index contributed by atoms with van der Waals surface area (Å²) in [7, 11) is -23.3. The Morgan fingerprint density at radius 3 is 1.67 bits per heavy atom. The number of rotatable bonds is 13. The summed E-state index contributed by atoms with van der Waals surface area (Å²) in [6.45, 7) is 0. The number of benzene rings is 2. The molecule has 0 saturated heterocycles. The summed E-state index contributed by atoms with van der Waals surface area (Å²) in [5.74, 6) is -7.63. The molecule has 0 bridgehead atoms. The quantitative estimate of drug-likeness (QED) is 0.160. The first-order chi connectivity index (χ1) is 24.2. The van der Waals surface area contributed by atoms with Crippen LogP contribution in [-0.2, 0) is 9.45 Å². The van der Waals surface area contributed by atoms with E-state index in [2.05, 4.69) is 4.65 Å². The smallest absolute Gasteiger partial charge is 0.505 e. The summed E-state index contributed by atoms with van der Waals surface area (Å²) >= 11 is 0. The van der Waals surface area contributed by atoms with Gasteiger partial charge in [0, 0.05) is 17.2 Å². The number of halogens is 2. The van der Waals surface area contributed by atoms with Crippen LogP contribution in [0, 0.1) is 0 Å². The van der Waals surface area contributed by atoms with Gasteiger partial charge in [0.15, 0.2) is 28.8 Å². The van der Waals surface area contributed by atoms with Crippen LogP contribution < -0.4 is 28.4 Å². The number of hydrogen-bond donors (Lipinski definition) is 0. The third kappa shape index (κ3) is 6.94. The van der Waals surface area contributed by atoms with E-state index in [0.717, 1.165) is 36.4 Å². The standard InChI is InChI=1S/C25H27BF2O8/c1-30-20-13-9-16(22(32-3)24(20)34-5)7-11-18(29)15-19(36-26(27)28)12-8-17-10-14-21(31-2)25(35-6)23(17)33-4/h7-15H,1-6H3/b11-7+,12-8+,19-15-/i1D3,2D3,3D3,4D3,5D3,6D3. The Morgan fingerprint density at radius 2 is 1.19 bits per heavy atom. The summed E-state index contributed by atoms with van der Waals surface area (Å²) < 4.78 is 193. The largest absolute Gasteiger partial charge is 0.796 e. The van der Waals surface area contributed by atoms with Crippen molar-refractivity contribution in [1.29, 1.82) is 0 Å². The van der Waals surface area contributed by atoms with Gasteiger partial charge >= 0.3 is 7.47 Å². The molecule has 0 atom stereocenters. The zero-order chi connectivity index (χ0) is 41.7. The molecule has 0 saturated carbocycles. The van der Waals surface area contributed by atoms with E-state index in [0.29, 0.717) is 18.2 Å². The molecule has 0 N–H and O–H groups in total. The van der Waals surface area contributed by atoms with E-state index in [1.54, 1.807) is 0 Å². The van der Waals surface area contributed by atoms with Crippen LogP contribution in [-0.4, -0.2) is 55.5 Å². The lowest BCUT2D eigenvalue weighted by Gasteiger charge is -2.14. The maximum atomic E-state index is 13.4. The van der Waals surface area contributed by atoms with Crippen molar-refractivity contribution in [2.45, 2.75) is 0 Å². The summed E-state index contributed by atoms with van der Waals surface area (Å²) in [5, 5.41) is 0. The number of carbonyl (C=O) groups is 1. The lowest BCUT2D eigenvalue weighted by atomic mass is 10.1. The number of allylic oxidation sites excluding steroid dienone is 3. The fourth-order valence-corrected chi connectivity index (χ4v) is 2.70. The third-order valence-corrected chi connectivity index (χ3v) is 4.21. The third-order valence-electron chi connectivity index (χ3n) is 4.21. The van der Waals surface area contributed by atoms with Crippen LogP contribution in [0.25, 0.3) is 12.2 Å². The van der Waals surface area contributed by atoms with Crippen LogP contribution in [0.3, 0.4) is 0 Å². The Morgan fingerprint density at radius 1 is 0.722 bits per heavy atom. The van der Waals surface area contributed by atoms with E-state index in [1.165, 1.54) is 0 Å². The van der Waals surface area contributed by atoms with Crippen LogP contribution in [0.4, 0.5) is 8.63 Å². The van der Waals surface area contributed by atoms with Crippen LogP contribution in [0.15, 0.2) is 48.3 Å². The van der Waals surface area contributed by atoms with Crippen molar-refractivity contribution < 1.29 is 71.2 Å². The van der Waals surface area contributed by atoms with Crippen molar-refractivity contribution in [2.75, 3.05) is 42.2 Å². The molecule has 0 aliphatic carbocycles. The zero-order valence-corrected chi connectivity index (χ0v) is 17.8. The van der Waals surface area contributed by atoms with E-state index in [-0.39, 0.29) is 0 Å². The molecule has 36 heavy (non-hydrogen) atoms. The molecule has 0 heterocycles. The molecule has 11 heteroatoms. The second kappa shape index (κ2) is 13.7. The van der Waals surface area contributed by atoms with Gasteiger partial charge in [0.1, 0.15) is 5.76 Å². The van der Waals surface area contributed by atoms with Crippen molar-refractivity contribution in [1.82, 2.24) is 0 Å². The van der Waals surface area contributed by atoms with E-state index in [9.17, 15) is 13.4 Å². The Labute approximate surface area is 234 Å². The van der Waals surface area contributed by atoms with Crippen LogP contribution in [0.5, 0.6) is 34.5 Å². The van der Waals surface area contributed by atoms with Crippen molar-refractivity contribution >= 4 is 25.4 Å². The summed E-state index contributed by atoms with van der Waals surface area (Å²) in [6.07, 6.45) is 3.32. The summed E-state index contributed by atoms with van der Waals surface area (Å²) in [6, 6.07) is 3.56. The molecule has 0 aliphatic rings. The normalized spacial score (nSPS) is 20.9. The second-order valence-electron chi connectivity index (χ2n) is 6.23. The SMILES string of the molecule is [2H]C([2H])([2H])Oc1ccc(/C=C/C(=O)/C=C(/C=C/c2ccc(OC([2H])([2H])[2H])c(OC([2H])([2H])[2H])c2OC([2H])([2H])[2H])OB(F)F)c(OC([2H])([2H])[2H])c1OC([2H])([2H])[2H]. The molecule has 0 unspecified atom stereocenters. The van der Waals surface area contributed by atoms with Gasteiger partial charge in [0.25, 0.3) is 0 Å². The Bertz CT molecular complexity index is 1730. The molecule has 2 rings (SSSR count). The molecular weight excluding hydrogens is 477 g/mol. The average molecular weight is 522 g/mol. The maximum Gasteiger partial charge on any atom is 0.796 e. The topological polar surface area (TPSA) is 81.7 Å². The number of ketones is 1. The molecule has 0 aromatic heterocycles. The van der Waals surface area contributed by atoms with Gasteiger partial charge in [-0.2, -0.15) is 0 Å². The van der Waals surface area contributed by atoms with E-state index < -0.39 is 107 Å². The molecule has 192 valence electrons. The van der Waals surface area contributed by atoms with Gasteiger partial charge in [-0.25, -0.2) is 8.63 Å². The molecule has 0 fully saturated rings. The molecular formula is C25H27BF2O8. The first-order valence-corrected chi connectivity index (χ1v) is 9.25. The average Bonchev–Trinajstić information content (AvgIpc) is 2.91. The summed E-state index contributed by atoms with van der Waals surface area (Å²) in [5.41, 5.74) is -0.855. The highest BCUT2D eigenvalue weighted by Gasteiger charge is 2.20. The van der Waals surface area contributed by atoms with Gasteiger partial charge in [-0.1, -0.05) is 0 Å². The number of carbonyl (C=O) groups excluding carboxylic acids is 1. The predicted octanol–water partition coefficient (Wildman–Crippen LogP) is 4.86. The minimum absolute atomic E-state index is 0.413. The van der Waals surface area contributed by atoms with Gasteiger partial charge in [-0.3, -0.25) is 4.79 Å². The molecule has 0 spiro atoms. The zero-order valence-electron chi connectivity index (χ0n) is 35.8. The Balaban J connectivity index is 2.72. The highest BCUT2D eigenvalue weighted by Crippen LogP contribution is 2.41. The monoisotopic (exact) mass is 522 g/mol. The lowest BCUT2D eigenvalue weighted by Crippen LogP contribution is -2.05. The maximum absolute atomic E-state index is 13.4. The van der Waals surface area contributed by atoms with Crippen LogP contribution in [0.2, 0.25) is 0 Å². The molecule has 0 aliphatic heterocycles. The van der Waals surface area contributed by atoms with Gasteiger partial charge in [0.05, 0.1) is 66.9 Å². The van der Waals surface area contributed by atoms with Gasteiger partial charge in [-0.15, -0.1) is 0 Å².